The number of nitrogens with one attached hydrogen (secondary N) is 1. The highest BCUT2D eigenvalue weighted by Crippen LogP contribution is 2.45. The van der Waals surface area contributed by atoms with Crippen LogP contribution in [0, 0.1) is 0 Å². The van der Waals surface area contributed by atoms with E-state index in [1.807, 2.05) is 31.3 Å². The quantitative estimate of drug-likeness (QED) is 0.806. The zero-order valence-electron chi connectivity index (χ0n) is 11.7. The molecule has 0 fully saturated rings. The third kappa shape index (κ3) is 2.93. The van der Waals surface area contributed by atoms with Gasteiger partial charge in [-0.25, -0.2) is 0 Å². The Morgan fingerprint density at radius 1 is 1.43 bits per heavy atom. The molecule has 2 atom stereocenters. The summed E-state index contributed by atoms with van der Waals surface area (Å²) in [7, 11) is 3.64. The molecule has 2 aromatic rings. The van der Waals surface area contributed by atoms with Gasteiger partial charge in [0.15, 0.2) is 0 Å². The van der Waals surface area contributed by atoms with Gasteiger partial charge >= 0.3 is 0 Å². The molecule has 0 spiro atoms. The lowest BCUT2D eigenvalue weighted by Gasteiger charge is -2.31. The Hall–Kier alpha value is -0.750. The minimum absolute atomic E-state index is 0.0112. The molecule has 6 heteroatoms. The summed E-state index contributed by atoms with van der Waals surface area (Å²) in [6.07, 6.45) is 0.872. The van der Waals surface area contributed by atoms with Gasteiger partial charge in [0.05, 0.1) is 7.11 Å². The van der Waals surface area contributed by atoms with Crippen LogP contribution in [0.4, 0.5) is 0 Å². The van der Waals surface area contributed by atoms with Crippen LogP contribution < -0.4 is 14.8 Å². The molecule has 3 nitrogen and oxygen atoms in total. The van der Waals surface area contributed by atoms with Crippen molar-refractivity contribution in [1.29, 1.82) is 0 Å². The zero-order chi connectivity index (χ0) is 15.0. The molecule has 2 heterocycles. The van der Waals surface area contributed by atoms with E-state index in [0.29, 0.717) is 0 Å². The summed E-state index contributed by atoms with van der Waals surface area (Å²) < 4.78 is 13.1. The normalized spacial score (nSPS) is 20.8. The molecule has 1 aromatic heterocycles. The number of halogens is 2. The Balaban J connectivity index is 1.95. The third-order valence-corrected chi connectivity index (χ3v) is 6.21. The molecule has 1 aliphatic heterocycles. The summed E-state index contributed by atoms with van der Waals surface area (Å²) in [6, 6.07) is 8.19. The second-order valence-corrected chi connectivity index (χ2v) is 7.40. The monoisotopic (exact) mass is 387 g/mol. The van der Waals surface area contributed by atoms with Gasteiger partial charge in [0, 0.05) is 27.4 Å². The van der Waals surface area contributed by atoms with Gasteiger partial charge in [-0.1, -0.05) is 11.6 Å². The highest BCUT2D eigenvalue weighted by Gasteiger charge is 2.30. The Morgan fingerprint density at radius 3 is 2.86 bits per heavy atom. The van der Waals surface area contributed by atoms with Gasteiger partial charge in [-0.3, -0.25) is 0 Å². The van der Waals surface area contributed by atoms with Crippen LogP contribution >= 0.6 is 38.9 Å². The summed E-state index contributed by atoms with van der Waals surface area (Å²) >= 11 is 11.2. The van der Waals surface area contributed by atoms with Crippen molar-refractivity contribution in [2.24, 2.45) is 0 Å². The van der Waals surface area contributed by atoms with Crippen LogP contribution in [0.5, 0.6) is 11.5 Å². The lowest BCUT2D eigenvalue weighted by Crippen LogP contribution is -2.26. The SMILES string of the molecule is CNC1CC(c2cc(Br)c(Cl)s2)Oc2ccc(OC)cc21. The lowest BCUT2D eigenvalue weighted by molar-refractivity contribution is 0.156. The van der Waals surface area contributed by atoms with E-state index in [9.17, 15) is 0 Å². The van der Waals surface area contributed by atoms with Gasteiger partial charge in [0.25, 0.3) is 0 Å². The molecule has 0 saturated carbocycles. The topological polar surface area (TPSA) is 30.5 Å². The number of ether oxygens (including phenoxy) is 2. The molecule has 2 unspecified atom stereocenters. The number of thiophene rings is 1. The maximum absolute atomic E-state index is 6.15. The summed E-state index contributed by atoms with van der Waals surface area (Å²) in [5, 5.41) is 3.36. The molecule has 0 radical (unpaired) electrons. The molecule has 0 aliphatic carbocycles. The van der Waals surface area contributed by atoms with Gasteiger partial charge in [-0.2, -0.15) is 0 Å². The van der Waals surface area contributed by atoms with Crippen molar-refractivity contribution in [3.8, 4) is 11.5 Å². The van der Waals surface area contributed by atoms with E-state index in [4.69, 9.17) is 21.1 Å². The van der Waals surface area contributed by atoms with Crippen LogP contribution in [0.3, 0.4) is 0 Å². The Morgan fingerprint density at radius 2 is 2.24 bits per heavy atom. The van der Waals surface area contributed by atoms with E-state index in [2.05, 4.69) is 21.2 Å². The number of benzene rings is 1. The molecule has 21 heavy (non-hydrogen) atoms. The fourth-order valence-electron chi connectivity index (χ4n) is 2.55. The number of methoxy groups -OCH3 is 1. The minimum atomic E-state index is 0.0112. The van der Waals surface area contributed by atoms with Crippen LogP contribution in [0.25, 0.3) is 0 Å². The van der Waals surface area contributed by atoms with Crippen LogP contribution in [0.15, 0.2) is 28.7 Å². The number of fused-ring (bicyclic) bond motifs is 1. The molecule has 112 valence electrons. The molecule has 0 saturated heterocycles. The second kappa shape index (κ2) is 6.16. The third-order valence-electron chi connectivity index (χ3n) is 3.64. The van der Waals surface area contributed by atoms with Crippen molar-refractivity contribution in [3.63, 3.8) is 0 Å². The first-order chi connectivity index (χ1) is 10.1. The van der Waals surface area contributed by atoms with Crippen LogP contribution in [0.2, 0.25) is 4.34 Å². The number of hydrogen-bond donors (Lipinski definition) is 1. The summed E-state index contributed by atoms with van der Waals surface area (Å²) in [6.45, 7) is 0. The van der Waals surface area contributed by atoms with Crippen LogP contribution in [0.1, 0.15) is 29.0 Å². The van der Waals surface area contributed by atoms with E-state index in [-0.39, 0.29) is 12.1 Å². The predicted octanol–water partition coefficient (Wildman–Crippen LogP) is 4.96. The fourth-order valence-corrected chi connectivity index (χ4v) is 4.32. The Kier molecular flexibility index (Phi) is 4.45. The predicted molar refractivity (Wildman–Crippen MR) is 89.8 cm³/mol. The maximum atomic E-state index is 6.15. The number of hydrogen-bond acceptors (Lipinski definition) is 4. The molecule has 0 amide bonds. The molecule has 3 rings (SSSR count). The van der Waals surface area contributed by atoms with Crippen molar-refractivity contribution in [2.75, 3.05) is 14.2 Å². The van der Waals surface area contributed by atoms with Crippen molar-refractivity contribution in [3.05, 3.63) is 43.5 Å². The summed E-state index contributed by atoms with van der Waals surface area (Å²) in [5.74, 6) is 1.74. The van der Waals surface area contributed by atoms with E-state index in [1.54, 1.807) is 18.4 Å². The molecule has 1 aliphatic rings. The van der Waals surface area contributed by atoms with E-state index in [0.717, 1.165) is 37.2 Å². The molecular formula is C15H15BrClNO2S. The minimum Gasteiger partial charge on any atom is -0.497 e. The number of rotatable bonds is 3. The fraction of sp³-hybridized carbons (Fsp3) is 0.333. The van der Waals surface area contributed by atoms with Gasteiger partial charge in [-0.05, 0) is 47.2 Å². The molecule has 1 aromatic carbocycles. The first kappa shape index (κ1) is 15.2. The van der Waals surface area contributed by atoms with E-state index in [1.165, 1.54) is 0 Å². The van der Waals surface area contributed by atoms with Gasteiger partial charge < -0.3 is 14.8 Å². The van der Waals surface area contributed by atoms with E-state index >= 15 is 0 Å². The van der Waals surface area contributed by atoms with Crippen LogP contribution in [-0.2, 0) is 0 Å². The van der Waals surface area contributed by atoms with E-state index < -0.39 is 0 Å². The second-order valence-electron chi connectivity index (χ2n) is 4.86. The molecular weight excluding hydrogens is 374 g/mol. The first-order valence-electron chi connectivity index (χ1n) is 6.59. The van der Waals surface area contributed by atoms with Crippen molar-refractivity contribution < 1.29 is 9.47 Å². The standard InChI is InChI=1S/C15H15BrClNO2S/c1-18-11-7-13(14-6-10(16)15(17)21-14)20-12-4-3-8(19-2)5-9(11)12/h3-6,11,13,18H,7H2,1-2H3. The first-order valence-corrected chi connectivity index (χ1v) is 8.57. The Bertz CT molecular complexity index is 642. The highest BCUT2D eigenvalue weighted by atomic mass is 79.9. The van der Waals surface area contributed by atoms with Gasteiger partial charge in [0.2, 0.25) is 0 Å². The smallest absolute Gasteiger partial charge is 0.135 e. The molecule has 1 N–H and O–H groups in total. The molecule has 0 bridgehead atoms. The van der Waals surface area contributed by atoms with Gasteiger partial charge in [0.1, 0.15) is 21.9 Å². The zero-order valence-corrected chi connectivity index (χ0v) is 14.8. The Labute approximate surface area is 141 Å². The summed E-state index contributed by atoms with van der Waals surface area (Å²) in [4.78, 5) is 1.13. The maximum Gasteiger partial charge on any atom is 0.135 e. The van der Waals surface area contributed by atoms with Gasteiger partial charge in [-0.15, -0.1) is 11.3 Å². The van der Waals surface area contributed by atoms with Crippen molar-refractivity contribution in [2.45, 2.75) is 18.6 Å². The summed E-state index contributed by atoms with van der Waals surface area (Å²) in [5.41, 5.74) is 1.13. The van der Waals surface area contributed by atoms with Crippen molar-refractivity contribution >= 4 is 38.9 Å². The van der Waals surface area contributed by atoms with Crippen LogP contribution in [-0.4, -0.2) is 14.2 Å². The lowest BCUT2D eigenvalue weighted by atomic mass is 9.95. The highest BCUT2D eigenvalue weighted by molar-refractivity contribution is 9.10. The average molecular weight is 389 g/mol. The average Bonchev–Trinajstić information content (AvgIpc) is 2.85. The largest absolute Gasteiger partial charge is 0.497 e. The van der Waals surface area contributed by atoms with Crippen molar-refractivity contribution in [1.82, 2.24) is 5.32 Å².